The second-order valence-electron chi connectivity index (χ2n) is 6.47. The van der Waals surface area contributed by atoms with E-state index in [-0.39, 0.29) is 6.01 Å². The number of piperidine rings is 1. The van der Waals surface area contributed by atoms with Crippen LogP contribution in [0.1, 0.15) is 32.6 Å². The Kier molecular flexibility index (Phi) is 5.80. The van der Waals surface area contributed by atoms with Crippen molar-refractivity contribution in [2.24, 2.45) is 5.92 Å². The van der Waals surface area contributed by atoms with Gasteiger partial charge in [0.05, 0.1) is 6.61 Å². The van der Waals surface area contributed by atoms with Gasteiger partial charge in [0.1, 0.15) is 0 Å². The fraction of sp³-hybridized carbons (Fsp3) is 0.625. The van der Waals surface area contributed by atoms with Gasteiger partial charge in [-0.25, -0.2) is 9.78 Å². The number of nitrogen functional groups attached to an aromatic ring is 1. The van der Waals surface area contributed by atoms with Crippen molar-refractivity contribution in [3.05, 3.63) is 4.73 Å². The minimum Gasteiger partial charge on any atom is -0.465 e. The third-order valence-electron chi connectivity index (χ3n) is 4.61. The Hall–Kier alpha value is -2.10. The Labute approximate surface area is 159 Å². The lowest BCUT2D eigenvalue weighted by molar-refractivity contribution is 0.121. The summed E-state index contributed by atoms with van der Waals surface area (Å²) in [6.07, 6.45) is 2.70. The number of ether oxygens (including phenoxy) is 1. The molecule has 3 rings (SSSR count). The van der Waals surface area contributed by atoms with Crippen LogP contribution in [0.5, 0.6) is 6.01 Å². The van der Waals surface area contributed by atoms with Crippen LogP contribution in [0.3, 0.4) is 0 Å². The van der Waals surface area contributed by atoms with Crippen LogP contribution >= 0.6 is 15.9 Å². The third kappa shape index (κ3) is 4.00. The molecule has 1 fully saturated rings. The molecule has 0 radical (unpaired) electrons. The van der Waals surface area contributed by atoms with Gasteiger partial charge >= 0.3 is 12.1 Å². The van der Waals surface area contributed by atoms with E-state index in [1.54, 1.807) is 0 Å². The molecule has 1 amide bonds. The molecular weight excluding hydrogens is 404 g/mol. The van der Waals surface area contributed by atoms with E-state index in [4.69, 9.17) is 15.6 Å². The highest BCUT2D eigenvalue weighted by atomic mass is 79.9. The fourth-order valence-corrected chi connectivity index (χ4v) is 3.56. The molecule has 0 aliphatic carbocycles. The van der Waals surface area contributed by atoms with Gasteiger partial charge in [-0.2, -0.15) is 9.97 Å². The van der Waals surface area contributed by atoms with Crippen LogP contribution in [0.25, 0.3) is 11.2 Å². The number of carbonyl (C=O) groups is 1. The molecule has 3 N–H and O–H groups in total. The minimum atomic E-state index is -0.855. The first-order chi connectivity index (χ1) is 12.5. The molecule has 9 nitrogen and oxygen atoms in total. The number of aromatic nitrogens is 4. The van der Waals surface area contributed by atoms with Crippen LogP contribution in [-0.2, 0) is 6.54 Å². The lowest BCUT2D eigenvalue weighted by atomic mass is 9.97. The van der Waals surface area contributed by atoms with Gasteiger partial charge in [-0.3, -0.25) is 0 Å². The number of imidazole rings is 1. The second kappa shape index (κ2) is 8.07. The van der Waals surface area contributed by atoms with Crippen molar-refractivity contribution >= 4 is 39.0 Å². The maximum absolute atomic E-state index is 11.0. The Morgan fingerprint density at radius 2 is 2.08 bits per heavy atom. The normalized spacial score (nSPS) is 15.5. The molecule has 142 valence electrons. The molecule has 26 heavy (non-hydrogen) atoms. The van der Waals surface area contributed by atoms with Crippen molar-refractivity contribution in [2.75, 3.05) is 25.4 Å². The topological polar surface area (TPSA) is 119 Å². The molecule has 1 aliphatic heterocycles. The number of amides is 1. The van der Waals surface area contributed by atoms with E-state index < -0.39 is 6.09 Å². The van der Waals surface area contributed by atoms with Gasteiger partial charge in [0, 0.05) is 19.6 Å². The maximum atomic E-state index is 11.0. The fourth-order valence-electron chi connectivity index (χ4n) is 3.07. The van der Waals surface area contributed by atoms with Crippen molar-refractivity contribution < 1.29 is 14.6 Å². The number of fused-ring (bicyclic) bond motifs is 1. The molecule has 0 unspecified atom stereocenters. The number of nitrogens with zero attached hydrogens (tertiary/aromatic N) is 5. The van der Waals surface area contributed by atoms with Crippen LogP contribution in [0.2, 0.25) is 0 Å². The number of likely N-dealkylation sites (tertiary alicyclic amines) is 1. The highest BCUT2D eigenvalue weighted by Crippen LogP contribution is 2.28. The molecule has 2 aromatic rings. The maximum Gasteiger partial charge on any atom is 0.407 e. The van der Waals surface area contributed by atoms with Crippen LogP contribution in [0, 0.1) is 5.92 Å². The zero-order chi connectivity index (χ0) is 18.7. The number of nitrogens with two attached hydrogens (primary N) is 1. The third-order valence-corrected chi connectivity index (χ3v) is 5.21. The smallest absolute Gasteiger partial charge is 0.407 e. The monoisotopic (exact) mass is 426 g/mol. The van der Waals surface area contributed by atoms with E-state index in [1.165, 1.54) is 4.90 Å². The molecular formula is C16H23BrN6O3. The van der Waals surface area contributed by atoms with Crippen molar-refractivity contribution in [2.45, 2.75) is 39.2 Å². The average molecular weight is 427 g/mol. The van der Waals surface area contributed by atoms with Crippen LogP contribution in [-0.4, -0.2) is 55.3 Å². The molecule has 0 spiro atoms. The average Bonchev–Trinajstić information content (AvgIpc) is 2.92. The van der Waals surface area contributed by atoms with Gasteiger partial charge < -0.3 is 25.0 Å². The number of halogens is 1. The largest absolute Gasteiger partial charge is 0.465 e. The van der Waals surface area contributed by atoms with Crippen LogP contribution in [0.4, 0.5) is 10.6 Å². The Morgan fingerprint density at radius 3 is 2.73 bits per heavy atom. The molecule has 0 atom stereocenters. The summed E-state index contributed by atoms with van der Waals surface area (Å²) in [5, 5.41) is 9.07. The SMILES string of the molecule is CCCCOc1nc(N)c2nc(Br)n(CC3CCN(C(=O)O)CC3)c2n1. The molecule has 1 saturated heterocycles. The summed E-state index contributed by atoms with van der Waals surface area (Å²) in [4.78, 5) is 25.6. The van der Waals surface area contributed by atoms with E-state index in [0.29, 0.717) is 53.9 Å². The number of rotatable bonds is 6. The minimum absolute atomic E-state index is 0.262. The Morgan fingerprint density at radius 1 is 1.35 bits per heavy atom. The van der Waals surface area contributed by atoms with E-state index in [1.807, 2.05) is 4.57 Å². The molecule has 2 aromatic heterocycles. The summed E-state index contributed by atoms with van der Waals surface area (Å²) in [7, 11) is 0. The number of anilines is 1. The van der Waals surface area contributed by atoms with E-state index >= 15 is 0 Å². The molecule has 3 heterocycles. The summed E-state index contributed by atoms with van der Waals surface area (Å²) < 4.78 is 8.20. The first kappa shape index (κ1) is 18.7. The molecule has 10 heteroatoms. The van der Waals surface area contributed by atoms with Gasteiger partial charge in [0.2, 0.25) is 0 Å². The summed E-state index contributed by atoms with van der Waals surface area (Å²) in [5.74, 6) is 0.640. The van der Waals surface area contributed by atoms with Gasteiger partial charge in [0.25, 0.3) is 0 Å². The molecule has 0 saturated carbocycles. The summed E-state index contributed by atoms with van der Waals surface area (Å²) >= 11 is 3.48. The van der Waals surface area contributed by atoms with Crippen LogP contribution in [0.15, 0.2) is 4.73 Å². The zero-order valence-electron chi connectivity index (χ0n) is 14.7. The van der Waals surface area contributed by atoms with Gasteiger partial charge in [-0.05, 0) is 41.1 Å². The molecule has 0 bridgehead atoms. The number of unbranched alkanes of at least 4 members (excludes halogenated alkanes) is 1. The van der Waals surface area contributed by atoms with Crippen molar-refractivity contribution in [1.82, 2.24) is 24.4 Å². The van der Waals surface area contributed by atoms with Crippen molar-refractivity contribution in [3.8, 4) is 6.01 Å². The highest BCUT2D eigenvalue weighted by Gasteiger charge is 2.25. The molecule has 0 aromatic carbocycles. The molecule has 1 aliphatic rings. The van der Waals surface area contributed by atoms with Crippen LogP contribution < -0.4 is 10.5 Å². The van der Waals surface area contributed by atoms with E-state index in [0.717, 1.165) is 25.7 Å². The number of hydrogen-bond donors (Lipinski definition) is 2. The van der Waals surface area contributed by atoms with Crippen molar-refractivity contribution in [1.29, 1.82) is 0 Å². The van der Waals surface area contributed by atoms with E-state index in [2.05, 4.69) is 37.8 Å². The van der Waals surface area contributed by atoms with Gasteiger partial charge in [-0.15, -0.1) is 0 Å². The van der Waals surface area contributed by atoms with E-state index in [9.17, 15) is 4.79 Å². The predicted molar refractivity (Wildman–Crippen MR) is 100 cm³/mol. The lowest BCUT2D eigenvalue weighted by Gasteiger charge is -2.30. The van der Waals surface area contributed by atoms with Gasteiger partial charge in [-0.1, -0.05) is 13.3 Å². The first-order valence-electron chi connectivity index (χ1n) is 8.79. The van der Waals surface area contributed by atoms with Gasteiger partial charge in [0.15, 0.2) is 21.7 Å². The Balaban J connectivity index is 1.79. The Bertz CT molecular complexity index is 788. The highest BCUT2D eigenvalue weighted by molar-refractivity contribution is 9.10. The summed E-state index contributed by atoms with van der Waals surface area (Å²) in [5.41, 5.74) is 7.21. The summed E-state index contributed by atoms with van der Waals surface area (Å²) in [6.45, 7) is 4.42. The predicted octanol–water partition coefficient (Wildman–Crippen LogP) is 2.74. The standard InChI is InChI=1S/C16H23BrN6O3/c1-2-3-8-26-15-20-12(18)11-13(21-15)23(14(17)19-11)9-10-4-6-22(7-5-10)16(24)25/h10H,2-9H2,1H3,(H,24,25)(H2,18,20,21). The van der Waals surface area contributed by atoms with Crippen molar-refractivity contribution in [3.63, 3.8) is 0 Å². The quantitative estimate of drug-likeness (QED) is 0.537. The summed E-state index contributed by atoms with van der Waals surface area (Å²) in [6, 6.07) is 0.262. The first-order valence-corrected chi connectivity index (χ1v) is 9.58. The lowest BCUT2D eigenvalue weighted by Crippen LogP contribution is -2.38. The second-order valence-corrected chi connectivity index (χ2v) is 7.18. The zero-order valence-corrected chi connectivity index (χ0v) is 16.3. The number of carboxylic acid groups (broad SMARTS) is 1. The number of hydrogen-bond acceptors (Lipinski definition) is 6.